The summed E-state index contributed by atoms with van der Waals surface area (Å²) in [7, 11) is 0. The molecule has 3 heterocycles. The number of guanidine groups is 1. The van der Waals surface area contributed by atoms with Gasteiger partial charge < -0.3 is 115 Å². The molecule has 36 heteroatoms. The lowest BCUT2D eigenvalue weighted by atomic mass is 9.44. The second-order valence-electron chi connectivity index (χ2n) is 36.8. The van der Waals surface area contributed by atoms with Crippen LogP contribution < -0.4 is 75.3 Å². The molecule has 10 rings (SSSR count). The number of amides is 12. The third-order valence-corrected chi connectivity index (χ3v) is 27.8. The molecule has 129 heavy (non-hydrogen) atoms. The van der Waals surface area contributed by atoms with Gasteiger partial charge in [-0.25, -0.2) is 0 Å². The maximum Gasteiger partial charge on any atom is 0.246 e. The molecule has 6 fully saturated rings. The Balaban J connectivity index is 0.732. The predicted molar refractivity (Wildman–Crippen MR) is 479 cm³/mol. The molecule has 710 valence electrons. The lowest BCUT2D eigenvalue weighted by Crippen LogP contribution is -2.62. The molecular formula is C93H139N17O19. The van der Waals surface area contributed by atoms with E-state index in [0.717, 1.165) is 59.2 Å². The molecular weight excluding hydrogens is 1660 g/mol. The second kappa shape index (κ2) is 49.0. The number of hydrogen-bond acceptors (Lipinski definition) is 21. The Morgan fingerprint density at radius 1 is 0.643 bits per heavy atom. The fourth-order valence-corrected chi connectivity index (χ4v) is 20.8. The number of ether oxygens (including phenoxy) is 2. The number of nitrogens with one attached hydrogen (secondary N) is 14. The van der Waals surface area contributed by atoms with Gasteiger partial charge in [-0.05, 0) is 197 Å². The average Bonchev–Trinajstić information content (AvgIpc) is 1.63. The second-order valence-corrected chi connectivity index (χ2v) is 36.8. The number of aromatic hydroxyl groups is 1. The summed E-state index contributed by atoms with van der Waals surface area (Å²) in [4.78, 5) is 174. The number of aromatic nitrogens is 1. The number of para-hydroxylation sites is 1. The predicted octanol–water partition coefficient (Wildman–Crippen LogP) is 1.64. The highest BCUT2D eigenvalue weighted by Crippen LogP contribution is 2.68. The van der Waals surface area contributed by atoms with Gasteiger partial charge >= 0.3 is 0 Å². The minimum atomic E-state index is -1.79. The molecule has 3 aromatic carbocycles. The molecule has 1 aromatic heterocycles. The van der Waals surface area contributed by atoms with Gasteiger partial charge in [0.15, 0.2) is 5.96 Å². The molecule has 2 aliphatic heterocycles. The summed E-state index contributed by atoms with van der Waals surface area (Å²) in [6, 6.07) is 8.55. The van der Waals surface area contributed by atoms with Gasteiger partial charge in [0.2, 0.25) is 70.9 Å². The van der Waals surface area contributed by atoms with E-state index in [2.05, 4.69) is 89.6 Å². The normalized spacial score (nSPS) is 27.6. The summed E-state index contributed by atoms with van der Waals surface area (Å²) >= 11 is 0. The third-order valence-electron chi connectivity index (χ3n) is 27.8. The van der Waals surface area contributed by atoms with Gasteiger partial charge in [0.05, 0.1) is 50.7 Å². The van der Waals surface area contributed by atoms with E-state index in [1.807, 2.05) is 18.2 Å². The molecule has 0 radical (unpaired) electrons. The first kappa shape index (κ1) is 101. The monoisotopic (exact) mass is 1800 g/mol. The molecule has 0 unspecified atom stereocenters. The number of rotatable bonds is 37. The van der Waals surface area contributed by atoms with Crippen molar-refractivity contribution in [2.45, 2.75) is 267 Å². The number of primary amides is 1. The van der Waals surface area contributed by atoms with Crippen LogP contribution in [0.5, 0.6) is 5.75 Å². The third kappa shape index (κ3) is 28.8. The van der Waals surface area contributed by atoms with Crippen molar-refractivity contribution in [1.82, 2.24) is 73.7 Å². The molecule has 0 bridgehead atoms. The molecule has 6 aliphatic rings. The summed E-state index contributed by atoms with van der Waals surface area (Å²) in [6.07, 6.45) is 9.59. The van der Waals surface area contributed by atoms with Crippen molar-refractivity contribution >= 4 is 87.7 Å². The SMILES string of the molecule is CCCC[C@H](NC(=O)[C@H](CO)NC(=O)[C@H](Cc1ccc(O)cc1)NC(=O)CCNC(=O)COCCOCCNC(=O)CC[C@@H](C)[C@H]1CC[C@H]2[C@@H]3CC[C@@H]4C[C@H](O)CC[C@]4(C)[C@H]3CC[C@]12C)C(=O)N[C@H]1CCC(=O)NCCCC[C@@H](C(N)=O)NC(=O)[C@H](Cc2c[nH]c3ccccc23)NC(=O)[C@H](CCCNC(=N)N)N[C@@H](O)[C@@H](Cc2ccccc2)NC(=O)[C@@H]2C[C@@H](O)CN2C1=O. The Kier molecular flexibility index (Phi) is 38.3. The summed E-state index contributed by atoms with van der Waals surface area (Å²) in [5, 5.41) is 96.4. The Labute approximate surface area is 754 Å². The molecule has 2 saturated heterocycles. The summed E-state index contributed by atoms with van der Waals surface area (Å²) in [5.41, 5.74) is 14.6. The molecule has 4 aliphatic carbocycles. The average molecular weight is 1800 g/mol. The first-order valence-corrected chi connectivity index (χ1v) is 46.4. The molecule has 23 N–H and O–H groups in total. The number of H-pyrrole nitrogens is 1. The quantitative estimate of drug-likeness (QED) is 0.0173. The number of carbonyl (C=O) groups is 12. The number of carbonyl (C=O) groups excluding carboxylic acids is 12. The zero-order valence-corrected chi connectivity index (χ0v) is 75.0. The number of aliphatic hydroxyl groups excluding tert-OH is 4. The Bertz CT molecular complexity index is 4430. The van der Waals surface area contributed by atoms with Crippen molar-refractivity contribution in [3.05, 3.63) is 102 Å². The number of nitrogens with zero attached hydrogens (tertiary/aromatic N) is 1. The first-order chi connectivity index (χ1) is 61.8. The van der Waals surface area contributed by atoms with Crippen LogP contribution in [0, 0.1) is 51.7 Å². The Morgan fingerprint density at radius 2 is 1.36 bits per heavy atom. The van der Waals surface area contributed by atoms with Gasteiger partial charge in [-0.15, -0.1) is 0 Å². The lowest BCUT2D eigenvalue weighted by Gasteiger charge is -2.61. The minimum absolute atomic E-state index is 0.00528. The van der Waals surface area contributed by atoms with E-state index >= 15 is 9.59 Å². The van der Waals surface area contributed by atoms with Gasteiger partial charge in [0.1, 0.15) is 60.9 Å². The van der Waals surface area contributed by atoms with E-state index in [9.17, 15) is 73.5 Å². The van der Waals surface area contributed by atoms with Crippen molar-refractivity contribution in [3.8, 4) is 5.75 Å². The number of aliphatic hydroxyl groups is 4. The van der Waals surface area contributed by atoms with Crippen LogP contribution in [-0.2, 0) is 86.3 Å². The maximum absolute atomic E-state index is 15.3. The number of fused-ring (bicyclic) bond motifs is 7. The van der Waals surface area contributed by atoms with Crippen LogP contribution in [0.25, 0.3) is 10.9 Å². The first-order valence-electron chi connectivity index (χ1n) is 46.4. The number of aromatic amines is 1. The van der Waals surface area contributed by atoms with Crippen molar-refractivity contribution in [2.75, 3.05) is 65.8 Å². The van der Waals surface area contributed by atoms with Crippen LogP contribution in [0.1, 0.15) is 192 Å². The molecule has 12 amide bonds. The Hall–Kier alpha value is -10.4. The van der Waals surface area contributed by atoms with E-state index in [1.54, 1.807) is 49.5 Å². The molecule has 36 nitrogen and oxygen atoms in total. The van der Waals surface area contributed by atoms with E-state index < -0.39 is 158 Å². The van der Waals surface area contributed by atoms with Crippen molar-refractivity contribution < 1.29 is 92.5 Å². The van der Waals surface area contributed by atoms with Crippen LogP contribution in [-0.4, -0.2) is 251 Å². The standard InChI is InChI=1S/C93H139N17O19/c1-5-6-18-70(105-88(125)76(53-111)109-85(122)73(47-57-23-26-60(112)27-24-57)102-80(117)36-41-98-81(118)54-129-45-44-128-43-42-99-78(115)32-22-55(2)65-29-30-66-64-28-25-59-49-61(113)34-37-92(59,3)67(64)35-38-93(65,66)4)83(120)106-72-31-33-79(116)97-39-13-12-20-69(82(94)119)103-87(124)75(48-58-51-101-68-19-11-10-17-63(58)68)107-84(121)71(21-14-40-100-91(95)96)104-86(123)74(46-56-15-8-7-9-16-56)108-89(126)77-50-62(114)52-110(77)90(72)127/h7-11,15-17,19,23-24,26-27,51,55,59,61-62,64-67,69-77,86,101,104,111-114,123H,5-6,12-14,18,20-22,25,28-50,52-54H2,1-4H3,(H2,94,119)(H,97,116)(H,98,118)(H,99,115)(H,102,117)(H,103,124)(H,105,125)(H,106,120)(H,107,121)(H,108,126)(H,109,122)(H4,95,96,100)/t55-,59-,61-,62-,64+,65-,66+,67+,69+,70+,71+,72+,73+,74-,75+,76+,77+,86+,92+,93-/m1/s1. The van der Waals surface area contributed by atoms with Crippen LogP contribution in [0.3, 0.4) is 0 Å². The number of phenols is 1. The number of benzene rings is 3. The summed E-state index contributed by atoms with van der Waals surface area (Å²) in [6.45, 7) is 8.05. The van der Waals surface area contributed by atoms with Gasteiger partial charge in [-0.1, -0.05) is 101 Å². The van der Waals surface area contributed by atoms with Crippen molar-refractivity contribution in [2.24, 2.45) is 57.8 Å². The van der Waals surface area contributed by atoms with E-state index in [4.69, 9.17) is 26.4 Å². The number of hydrogen-bond donors (Lipinski definition) is 21. The zero-order valence-electron chi connectivity index (χ0n) is 75.0. The molecule has 0 spiro atoms. The fraction of sp³-hybridized carbons (Fsp3) is 0.645. The number of phenolic OH excluding ortho intramolecular Hbond substituents is 1. The van der Waals surface area contributed by atoms with Gasteiger partial charge in [0.25, 0.3) is 0 Å². The summed E-state index contributed by atoms with van der Waals surface area (Å²) < 4.78 is 11.2. The summed E-state index contributed by atoms with van der Waals surface area (Å²) in [5.74, 6) is -5.69. The van der Waals surface area contributed by atoms with Gasteiger partial charge in [-0.2, -0.15) is 0 Å². The zero-order chi connectivity index (χ0) is 92.9. The van der Waals surface area contributed by atoms with Crippen LogP contribution >= 0.6 is 0 Å². The Morgan fingerprint density at radius 3 is 2.11 bits per heavy atom. The number of nitrogens with two attached hydrogens (primary N) is 2. The highest BCUT2D eigenvalue weighted by molar-refractivity contribution is 5.98. The van der Waals surface area contributed by atoms with Crippen LogP contribution in [0.15, 0.2) is 85.1 Å². The van der Waals surface area contributed by atoms with E-state index in [-0.39, 0.29) is 140 Å². The highest BCUT2D eigenvalue weighted by Gasteiger charge is 2.61. The topological polar surface area (TPSA) is 564 Å². The smallest absolute Gasteiger partial charge is 0.246 e. The van der Waals surface area contributed by atoms with Crippen molar-refractivity contribution in [3.63, 3.8) is 0 Å². The fourth-order valence-electron chi connectivity index (χ4n) is 20.8. The van der Waals surface area contributed by atoms with Crippen LogP contribution in [0.2, 0.25) is 0 Å². The molecule has 4 saturated carbocycles. The highest BCUT2D eigenvalue weighted by atomic mass is 16.5. The van der Waals surface area contributed by atoms with Crippen LogP contribution in [0.4, 0.5) is 0 Å². The minimum Gasteiger partial charge on any atom is -0.508 e. The van der Waals surface area contributed by atoms with E-state index in [0.29, 0.717) is 71.1 Å². The van der Waals surface area contributed by atoms with E-state index in [1.165, 1.54) is 62.8 Å². The largest absolute Gasteiger partial charge is 0.508 e. The lowest BCUT2D eigenvalue weighted by molar-refractivity contribution is -0.143. The molecule has 4 aromatic rings. The van der Waals surface area contributed by atoms with Gasteiger partial charge in [0, 0.05) is 88.3 Å². The molecule has 20 atom stereocenters. The van der Waals surface area contributed by atoms with Crippen molar-refractivity contribution in [1.29, 1.82) is 5.41 Å². The number of unbranched alkanes of at least 4 members (excludes halogenated alkanes) is 1. The maximum atomic E-state index is 15.3. The van der Waals surface area contributed by atoms with Gasteiger partial charge in [-0.3, -0.25) is 68.3 Å².